The zero-order valence-electron chi connectivity index (χ0n) is 8.89. The molecule has 0 aliphatic rings. The Bertz CT molecular complexity index is 182. The van der Waals surface area contributed by atoms with E-state index in [9.17, 15) is 4.79 Å². The van der Waals surface area contributed by atoms with Crippen LogP contribution in [0.2, 0.25) is 0 Å². The van der Waals surface area contributed by atoms with Crippen LogP contribution in [0.25, 0.3) is 0 Å². The molecule has 0 aliphatic carbocycles. The van der Waals surface area contributed by atoms with E-state index in [0.29, 0.717) is 6.54 Å². The molecule has 13 heavy (non-hydrogen) atoms. The van der Waals surface area contributed by atoms with E-state index in [1.165, 1.54) is 0 Å². The highest BCUT2D eigenvalue weighted by molar-refractivity contribution is 5.67. The molecule has 0 aromatic rings. The number of carbonyl (C=O) groups is 1. The molecule has 3 nitrogen and oxygen atoms in total. The second-order valence-electron chi connectivity index (χ2n) is 4.10. The maximum absolute atomic E-state index is 11.1. The van der Waals surface area contributed by atoms with E-state index in [0.717, 1.165) is 0 Å². The van der Waals surface area contributed by atoms with Gasteiger partial charge in [0, 0.05) is 6.54 Å². The van der Waals surface area contributed by atoms with Crippen LogP contribution in [0.15, 0.2) is 12.7 Å². The quantitative estimate of drug-likeness (QED) is 0.685. The lowest BCUT2D eigenvalue weighted by Crippen LogP contribution is -2.34. The summed E-state index contributed by atoms with van der Waals surface area (Å²) in [5, 5.41) is 2.66. The summed E-state index contributed by atoms with van der Waals surface area (Å²) in [5.74, 6) is 0.271. The number of rotatable bonds is 3. The van der Waals surface area contributed by atoms with Crippen molar-refractivity contribution in [2.45, 2.75) is 33.3 Å². The lowest BCUT2D eigenvalue weighted by atomic mass is 10.2. The lowest BCUT2D eigenvalue weighted by Gasteiger charge is -2.20. The number of ether oxygens (including phenoxy) is 1. The molecule has 0 radical (unpaired) electrons. The summed E-state index contributed by atoms with van der Waals surface area (Å²) in [6.45, 7) is 11.7. The smallest absolute Gasteiger partial charge is 0.407 e. The number of carbonyl (C=O) groups excluding carboxylic acids is 1. The number of alkyl carbamates (subject to hydrolysis) is 1. The minimum Gasteiger partial charge on any atom is -0.444 e. The van der Waals surface area contributed by atoms with Gasteiger partial charge in [-0.15, -0.1) is 6.58 Å². The Morgan fingerprint density at radius 2 is 2.15 bits per heavy atom. The fraction of sp³-hybridized carbons (Fsp3) is 0.700. The molecule has 3 heteroatoms. The summed E-state index contributed by atoms with van der Waals surface area (Å²) in [7, 11) is 0. The van der Waals surface area contributed by atoms with Gasteiger partial charge in [0.15, 0.2) is 0 Å². The van der Waals surface area contributed by atoms with Gasteiger partial charge in [0.05, 0.1) is 0 Å². The molecular formula is C10H19NO2. The van der Waals surface area contributed by atoms with E-state index in [4.69, 9.17) is 4.74 Å². The molecule has 0 aromatic carbocycles. The normalized spacial score (nSPS) is 13.2. The van der Waals surface area contributed by atoms with E-state index in [-0.39, 0.29) is 12.0 Å². The Morgan fingerprint density at radius 3 is 2.54 bits per heavy atom. The zero-order chi connectivity index (χ0) is 10.5. The first-order chi connectivity index (χ1) is 5.85. The number of hydrogen-bond acceptors (Lipinski definition) is 2. The van der Waals surface area contributed by atoms with Gasteiger partial charge in [0.2, 0.25) is 0 Å². The molecular weight excluding hydrogens is 166 g/mol. The van der Waals surface area contributed by atoms with Crippen LogP contribution in [0.4, 0.5) is 4.79 Å². The summed E-state index contributed by atoms with van der Waals surface area (Å²) < 4.78 is 5.05. The standard InChI is InChI=1S/C10H19NO2/c1-6-8(2)7-11-9(12)13-10(3,4)5/h6,8H,1,7H2,2-5H3,(H,11,12). The summed E-state index contributed by atoms with van der Waals surface area (Å²) in [6.07, 6.45) is 1.42. The third kappa shape index (κ3) is 7.37. The molecule has 1 atom stereocenters. The number of amides is 1. The van der Waals surface area contributed by atoms with E-state index >= 15 is 0 Å². The van der Waals surface area contributed by atoms with Crippen molar-refractivity contribution in [3.05, 3.63) is 12.7 Å². The number of hydrogen-bond donors (Lipinski definition) is 1. The van der Waals surface area contributed by atoms with Gasteiger partial charge in [-0.25, -0.2) is 4.79 Å². The minimum atomic E-state index is -0.429. The Morgan fingerprint density at radius 1 is 1.62 bits per heavy atom. The zero-order valence-corrected chi connectivity index (χ0v) is 8.89. The molecule has 0 bridgehead atoms. The summed E-state index contributed by atoms with van der Waals surface area (Å²) >= 11 is 0. The molecule has 0 spiro atoms. The van der Waals surface area contributed by atoms with Crippen LogP contribution >= 0.6 is 0 Å². The van der Waals surface area contributed by atoms with Crippen molar-refractivity contribution in [3.8, 4) is 0 Å². The third-order valence-corrected chi connectivity index (χ3v) is 1.37. The molecule has 76 valence electrons. The van der Waals surface area contributed by atoms with Gasteiger partial charge in [-0.2, -0.15) is 0 Å². The monoisotopic (exact) mass is 185 g/mol. The highest BCUT2D eigenvalue weighted by Gasteiger charge is 2.15. The van der Waals surface area contributed by atoms with Gasteiger partial charge in [-0.05, 0) is 26.7 Å². The summed E-state index contributed by atoms with van der Waals surface area (Å²) in [6, 6.07) is 0. The van der Waals surface area contributed by atoms with Crippen LogP contribution in [0.1, 0.15) is 27.7 Å². The van der Waals surface area contributed by atoms with Crippen LogP contribution in [0.3, 0.4) is 0 Å². The van der Waals surface area contributed by atoms with Crippen LogP contribution in [0.5, 0.6) is 0 Å². The molecule has 1 amide bonds. The van der Waals surface area contributed by atoms with Crippen molar-refractivity contribution in [3.63, 3.8) is 0 Å². The van der Waals surface area contributed by atoms with E-state index in [1.807, 2.05) is 27.7 Å². The van der Waals surface area contributed by atoms with Crippen LogP contribution in [0, 0.1) is 5.92 Å². The highest BCUT2D eigenvalue weighted by Crippen LogP contribution is 2.06. The second kappa shape index (κ2) is 4.90. The van der Waals surface area contributed by atoms with Crippen molar-refractivity contribution >= 4 is 6.09 Å². The average Bonchev–Trinajstić information content (AvgIpc) is 1.97. The van der Waals surface area contributed by atoms with Crippen molar-refractivity contribution < 1.29 is 9.53 Å². The first-order valence-electron chi connectivity index (χ1n) is 4.44. The van der Waals surface area contributed by atoms with Gasteiger partial charge in [0.25, 0.3) is 0 Å². The van der Waals surface area contributed by atoms with Gasteiger partial charge in [0.1, 0.15) is 5.60 Å². The molecule has 0 fully saturated rings. The predicted octanol–water partition coefficient (Wildman–Crippen LogP) is 2.33. The Labute approximate surface area is 80.2 Å². The molecule has 0 aliphatic heterocycles. The topological polar surface area (TPSA) is 38.3 Å². The van der Waals surface area contributed by atoms with E-state index in [1.54, 1.807) is 6.08 Å². The first kappa shape index (κ1) is 12.0. The fourth-order valence-electron chi connectivity index (χ4n) is 0.642. The van der Waals surface area contributed by atoms with Gasteiger partial charge in [-0.3, -0.25) is 0 Å². The molecule has 1 N–H and O–H groups in total. The lowest BCUT2D eigenvalue weighted by molar-refractivity contribution is 0.0523. The first-order valence-corrected chi connectivity index (χ1v) is 4.44. The van der Waals surface area contributed by atoms with Gasteiger partial charge >= 0.3 is 6.09 Å². The maximum Gasteiger partial charge on any atom is 0.407 e. The molecule has 0 aromatic heterocycles. The molecule has 0 saturated heterocycles. The van der Waals surface area contributed by atoms with Gasteiger partial charge < -0.3 is 10.1 Å². The molecule has 0 rings (SSSR count). The Kier molecular flexibility index (Phi) is 4.52. The van der Waals surface area contributed by atoms with E-state index < -0.39 is 5.60 Å². The van der Waals surface area contributed by atoms with Crippen LogP contribution in [-0.2, 0) is 4.74 Å². The van der Waals surface area contributed by atoms with Crippen molar-refractivity contribution in [1.82, 2.24) is 5.32 Å². The summed E-state index contributed by atoms with van der Waals surface area (Å²) in [5.41, 5.74) is -0.429. The van der Waals surface area contributed by atoms with Crippen LogP contribution in [-0.4, -0.2) is 18.2 Å². The SMILES string of the molecule is C=CC(C)CNC(=O)OC(C)(C)C. The van der Waals surface area contributed by atoms with Crippen molar-refractivity contribution in [2.75, 3.05) is 6.54 Å². The number of nitrogens with one attached hydrogen (secondary N) is 1. The predicted molar refractivity (Wildman–Crippen MR) is 53.6 cm³/mol. The second-order valence-corrected chi connectivity index (χ2v) is 4.10. The Balaban J connectivity index is 3.70. The highest BCUT2D eigenvalue weighted by atomic mass is 16.6. The molecule has 0 heterocycles. The largest absolute Gasteiger partial charge is 0.444 e. The average molecular weight is 185 g/mol. The molecule has 1 unspecified atom stereocenters. The maximum atomic E-state index is 11.1. The molecule has 0 saturated carbocycles. The fourth-order valence-corrected chi connectivity index (χ4v) is 0.642. The third-order valence-electron chi connectivity index (χ3n) is 1.37. The minimum absolute atomic E-state index is 0.271. The van der Waals surface area contributed by atoms with Crippen molar-refractivity contribution in [1.29, 1.82) is 0 Å². The van der Waals surface area contributed by atoms with Crippen molar-refractivity contribution in [2.24, 2.45) is 5.92 Å². The summed E-state index contributed by atoms with van der Waals surface area (Å²) in [4.78, 5) is 11.1. The van der Waals surface area contributed by atoms with E-state index in [2.05, 4.69) is 11.9 Å². The van der Waals surface area contributed by atoms with Crippen LogP contribution < -0.4 is 5.32 Å². The van der Waals surface area contributed by atoms with Gasteiger partial charge in [-0.1, -0.05) is 13.0 Å². The Hall–Kier alpha value is -0.990.